The Balaban J connectivity index is 1.97. The maximum absolute atomic E-state index is 12.1. The molecule has 0 radical (unpaired) electrons. The van der Waals surface area contributed by atoms with Crippen molar-refractivity contribution in [2.75, 3.05) is 6.54 Å². The zero-order valence-electron chi connectivity index (χ0n) is 11.1. The Bertz CT molecular complexity index is 725. The monoisotopic (exact) mass is 289 g/mol. The number of hydrogen-bond donors (Lipinski definition) is 1. The third-order valence-electron chi connectivity index (χ3n) is 2.83. The lowest BCUT2D eigenvalue weighted by atomic mass is 10.2. The molecule has 0 aliphatic rings. The highest BCUT2D eigenvalue weighted by molar-refractivity contribution is 5.77. The number of benzene rings is 1. The van der Waals surface area contributed by atoms with Crippen molar-refractivity contribution >= 4 is 22.8 Å². The van der Waals surface area contributed by atoms with E-state index in [0.29, 0.717) is 10.9 Å². The lowest BCUT2D eigenvalue weighted by molar-refractivity contribution is -0.305. The first kappa shape index (κ1) is 14.6. The van der Waals surface area contributed by atoms with E-state index >= 15 is 0 Å². The van der Waals surface area contributed by atoms with Gasteiger partial charge in [-0.25, -0.2) is 4.68 Å². The van der Waals surface area contributed by atoms with E-state index in [0.717, 1.165) is 4.68 Å². The molecule has 1 N–H and O–H groups in total. The minimum Gasteiger partial charge on any atom is -0.550 e. The number of aryl methyl sites for hydroxylation is 1. The largest absolute Gasteiger partial charge is 0.550 e. The Hall–Kier alpha value is -2.77. The van der Waals surface area contributed by atoms with E-state index in [1.54, 1.807) is 24.3 Å². The number of carbonyl (C=O) groups is 2. The van der Waals surface area contributed by atoms with Crippen LogP contribution < -0.4 is 16.0 Å². The maximum Gasteiger partial charge on any atom is 0.277 e. The lowest BCUT2D eigenvalue weighted by Gasteiger charge is -2.06. The average Bonchev–Trinajstić information content (AvgIpc) is 2.46. The van der Waals surface area contributed by atoms with Crippen molar-refractivity contribution in [3.05, 3.63) is 34.6 Å². The van der Waals surface area contributed by atoms with Crippen LogP contribution in [0.15, 0.2) is 29.1 Å². The molecule has 1 amide bonds. The summed E-state index contributed by atoms with van der Waals surface area (Å²) < 4.78 is 1.11. The molecule has 0 aliphatic carbocycles. The van der Waals surface area contributed by atoms with Crippen LogP contribution in [-0.2, 0) is 16.1 Å². The first-order valence-corrected chi connectivity index (χ1v) is 6.37. The molecule has 21 heavy (non-hydrogen) atoms. The van der Waals surface area contributed by atoms with Crippen LogP contribution in [0, 0.1) is 0 Å². The van der Waals surface area contributed by atoms with Gasteiger partial charge in [0.15, 0.2) is 0 Å². The zero-order valence-corrected chi connectivity index (χ0v) is 11.1. The summed E-state index contributed by atoms with van der Waals surface area (Å²) in [4.78, 5) is 33.8. The summed E-state index contributed by atoms with van der Waals surface area (Å²) in [6, 6.07) is 6.80. The van der Waals surface area contributed by atoms with Crippen LogP contribution in [0.2, 0.25) is 0 Å². The van der Waals surface area contributed by atoms with Crippen LogP contribution >= 0.6 is 0 Å². The van der Waals surface area contributed by atoms with Crippen molar-refractivity contribution in [2.45, 2.75) is 19.4 Å². The van der Waals surface area contributed by atoms with Crippen molar-refractivity contribution < 1.29 is 14.7 Å². The Kier molecular flexibility index (Phi) is 4.60. The molecule has 0 saturated carbocycles. The molecule has 0 saturated heterocycles. The Morgan fingerprint density at radius 3 is 2.76 bits per heavy atom. The van der Waals surface area contributed by atoms with Crippen molar-refractivity contribution in [1.29, 1.82) is 0 Å². The molecule has 0 bridgehead atoms. The van der Waals surface area contributed by atoms with E-state index in [2.05, 4.69) is 15.6 Å². The number of nitrogens with zero attached hydrogens (tertiary/aromatic N) is 3. The molecular weight excluding hydrogens is 276 g/mol. The van der Waals surface area contributed by atoms with Gasteiger partial charge in [0.05, 0.1) is 11.9 Å². The Labute approximate surface area is 119 Å². The highest BCUT2D eigenvalue weighted by Crippen LogP contribution is 2.03. The highest BCUT2D eigenvalue weighted by atomic mass is 16.4. The van der Waals surface area contributed by atoms with Crippen LogP contribution in [0.1, 0.15) is 12.8 Å². The Morgan fingerprint density at radius 1 is 1.24 bits per heavy atom. The molecule has 110 valence electrons. The fourth-order valence-electron chi connectivity index (χ4n) is 1.77. The smallest absolute Gasteiger partial charge is 0.277 e. The number of rotatable bonds is 6. The second-order valence-corrected chi connectivity index (χ2v) is 4.36. The molecule has 1 aromatic carbocycles. The van der Waals surface area contributed by atoms with Gasteiger partial charge in [-0.15, -0.1) is 5.10 Å². The van der Waals surface area contributed by atoms with Gasteiger partial charge in [-0.2, -0.15) is 0 Å². The molecule has 1 heterocycles. The van der Waals surface area contributed by atoms with E-state index in [1.807, 2.05) is 0 Å². The number of carbonyl (C=O) groups excluding carboxylic acids is 2. The predicted octanol–water partition coefficient (Wildman–Crippen LogP) is -1.56. The van der Waals surface area contributed by atoms with Crippen LogP contribution in [0.4, 0.5) is 0 Å². The molecule has 2 rings (SSSR count). The van der Waals surface area contributed by atoms with Gasteiger partial charge in [0.25, 0.3) is 5.56 Å². The van der Waals surface area contributed by atoms with Crippen LogP contribution in [0.25, 0.3) is 10.9 Å². The van der Waals surface area contributed by atoms with E-state index < -0.39 is 5.97 Å². The van der Waals surface area contributed by atoms with Gasteiger partial charge < -0.3 is 15.2 Å². The minimum absolute atomic E-state index is 0.000531. The second-order valence-electron chi connectivity index (χ2n) is 4.36. The van der Waals surface area contributed by atoms with Crippen LogP contribution in [-0.4, -0.2) is 33.4 Å². The number of fused-ring (bicyclic) bond motifs is 1. The molecule has 8 heteroatoms. The fraction of sp³-hybridized carbons (Fsp3) is 0.308. The topological polar surface area (TPSA) is 117 Å². The van der Waals surface area contributed by atoms with Gasteiger partial charge in [-0.05, 0) is 12.1 Å². The highest BCUT2D eigenvalue weighted by Gasteiger charge is 2.07. The third kappa shape index (κ3) is 3.85. The second kappa shape index (κ2) is 6.60. The fourth-order valence-corrected chi connectivity index (χ4v) is 1.77. The van der Waals surface area contributed by atoms with Gasteiger partial charge >= 0.3 is 0 Å². The quantitative estimate of drug-likeness (QED) is 0.687. The van der Waals surface area contributed by atoms with Gasteiger partial charge in [0.1, 0.15) is 5.52 Å². The standard InChI is InChI=1S/C13H14N4O4/c18-11(14-7-5-12(19)20)6-8-17-13(21)9-3-1-2-4-10(9)15-16-17/h1-4H,5-8H2,(H,14,18)(H,19,20)/p-1. The summed E-state index contributed by atoms with van der Waals surface area (Å²) in [5.74, 6) is -1.59. The summed E-state index contributed by atoms with van der Waals surface area (Å²) in [7, 11) is 0. The van der Waals surface area contributed by atoms with E-state index in [4.69, 9.17) is 0 Å². The maximum atomic E-state index is 12.1. The van der Waals surface area contributed by atoms with E-state index in [-0.39, 0.29) is 37.4 Å². The number of carboxylic acid groups (broad SMARTS) is 1. The third-order valence-corrected chi connectivity index (χ3v) is 2.83. The summed E-state index contributed by atoms with van der Waals surface area (Å²) in [5, 5.41) is 20.7. The number of nitrogens with one attached hydrogen (secondary N) is 1. The van der Waals surface area contributed by atoms with Crippen molar-refractivity contribution in [3.8, 4) is 0 Å². The number of hydrogen-bond acceptors (Lipinski definition) is 6. The molecule has 8 nitrogen and oxygen atoms in total. The number of amides is 1. The summed E-state index contributed by atoms with van der Waals surface area (Å²) in [6.07, 6.45) is -0.235. The average molecular weight is 289 g/mol. The van der Waals surface area contributed by atoms with Gasteiger partial charge in [0.2, 0.25) is 5.91 Å². The first-order chi connectivity index (χ1) is 10.1. The molecular formula is C13H13N4O4-. The molecule has 0 fully saturated rings. The van der Waals surface area contributed by atoms with Crippen molar-refractivity contribution in [2.24, 2.45) is 0 Å². The van der Waals surface area contributed by atoms with E-state index in [9.17, 15) is 19.5 Å². The van der Waals surface area contributed by atoms with Gasteiger partial charge in [-0.1, -0.05) is 17.3 Å². The zero-order chi connectivity index (χ0) is 15.2. The summed E-state index contributed by atoms with van der Waals surface area (Å²) in [5.41, 5.74) is 0.181. The summed E-state index contributed by atoms with van der Waals surface area (Å²) >= 11 is 0. The lowest BCUT2D eigenvalue weighted by Crippen LogP contribution is -2.32. The van der Waals surface area contributed by atoms with Crippen LogP contribution in [0.5, 0.6) is 0 Å². The molecule has 2 aromatic rings. The SMILES string of the molecule is O=C([O-])CCNC(=O)CCn1nnc2ccccc2c1=O. The molecule has 0 spiro atoms. The first-order valence-electron chi connectivity index (χ1n) is 6.37. The number of aromatic nitrogens is 3. The Morgan fingerprint density at radius 2 is 2.00 bits per heavy atom. The normalized spacial score (nSPS) is 10.5. The molecule has 0 aliphatic heterocycles. The van der Waals surface area contributed by atoms with Gasteiger partial charge in [0, 0.05) is 25.4 Å². The number of carboxylic acids is 1. The van der Waals surface area contributed by atoms with E-state index in [1.165, 1.54) is 0 Å². The molecule has 0 unspecified atom stereocenters. The van der Waals surface area contributed by atoms with Crippen LogP contribution in [0.3, 0.4) is 0 Å². The van der Waals surface area contributed by atoms with Crippen molar-refractivity contribution in [3.63, 3.8) is 0 Å². The molecule has 0 atom stereocenters. The number of aliphatic carboxylic acids is 1. The van der Waals surface area contributed by atoms with Gasteiger partial charge in [-0.3, -0.25) is 9.59 Å². The van der Waals surface area contributed by atoms with Crippen molar-refractivity contribution in [1.82, 2.24) is 20.3 Å². The molecule has 1 aromatic heterocycles. The predicted molar refractivity (Wildman–Crippen MR) is 71.0 cm³/mol. The minimum atomic E-state index is -1.23. The summed E-state index contributed by atoms with van der Waals surface area (Å²) in [6.45, 7) is 0.0767.